The summed E-state index contributed by atoms with van der Waals surface area (Å²) in [6.45, 7) is 6.63. The van der Waals surface area contributed by atoms with Gasteiger partial charge in [0.1, 0.15) is 13.2 Å². The molecule has 0 amide bonds. The summed E-state index contributed by atoms with van der Waals surface area (Å²) in [5.41, 5.74) is 0. The van der Waals surface area contributed by atoms with E-state index in [1.165, 1.54) is 270 Å². The van der Waals surface area contributed by atoms with Crippen molar-refractivity contribution in [3.63, 3.8) is 0 Å². The predicted molar refractivity (Wildman–Crippen MR) is 335 cm³/mol. The van der Waals surface area contributed by atoms with Crippen molar-refractivity contribution in [2.75, 3.05) is 13.2 Å². The lowest BCUT2D eigenvalue weighted by Gasteiger charge is -2.18. The molecule has 452 valence electrons. The van der Waals surface area contributed by atoms with Gasteiger partial charge >= 0.3 is 17.9 Å². The van der Waals surface area contributed by atoms with Crippen molar-refractivity contribution in [2.24, 2.45) is 0 Å². The first-order chi connectivity index (χ1) is 38.0. The third-order valence-corrected chi connectivity index (χ3v) is 15.6. The normalized spacial score (nSPS) is 12.2. The standard InChI is InChI=1S/C71H132O6/c1-4-7-10-13-16-18-20-22-24-26-28-30-32-34-36-38-39-41-43-45-47-49-51-53-55-58-61-64-70(73)76-67-68(66-75-69(72)63-60-57-15-12-9-6-3)77-71(74)65-62-59-56-54-52-50-48-46-44-42-40-37-35-33-31-29-27-25-23-21-19-17-14-11-8-5-2/h20,22,26,28,32,34,68H,4-19,21,23-25,27,29-31,33,35-67H2,1-3H3/b22-20-,28-26-,34-32-. The van der Waals surface area contributed by atoms with Crippen molar-refractivity contribution >= 4 is 17.9 Å². The lowest BCUT2D eigenvalue weighted by molar-refractivity contribution is -0.167. The van der Waals surface area contributed by atoms with Gasteiger partial charge in [-0.15, -0.1) is 0 Å². The van der Waals surface area contributed by atoms with Crippen LogP contribution in [0.25, 0.3) is 0 Å². The molecule has 77 heavy (non-hydrogen) atoms. The van der Waals surface area contributed by atoms with Crippen molar-refractivity contribution in [3.05, 3.63) is 36.5 Å². The first kappa shape index (κ1) is 74.6. The lowest BCUT2D eigenvalue weighted by Crippen LogP contribution is -2.30. The molecule has 6 heteroatoms. The highest BCUT2D eigenvalue weighted by Crippen LogP contribution is 2.18. The zero-order chi connectivity index (χ0) is 55.7. The van der Waals surface area contributed by atoms with Gasteiger partial charge in [-0.3, -0.25) is 14.4 Å². The van der Waals surface area contributed by atoms with Crippen molar-refractivity contribution in [1.82, 2.24) is 0 Å². The molecule has 0 saturated heterocycles. The highest BCUT2D eigenvalue weighted by Gasteiger charge is 2.19. The van der Waals surface area contributed by atoms with Gasteiger partial charge in [0.15, 0.2) is 6.10 Å². The van der Waals surface area contributed by atoms with Crippen LogP contribution in [0.1, 0.15) is 380 Å². The Balaban J connectivity index is 4.00. The Bertz CT molecular complexity index is 1290. The van der Waals surface area contributed by atoms with Gasteiger partial charge in [-0.1, -0.05) is 340 Å². The molecular formula is C71H132O6. The van der Waals surface area contributed by atoms with Gasteiger partial charge in [0.05, 0.1) is 0 Å². The monoisotopic (exact) mass is 1080 g/mol. The molecular weight excluding hydrogens is 949 g/mol. The number of rotatable bonds is 64. The molecule has 0 bridgehead atoms. The number of carbonyl (C=O) groups is 3. The van der Waals surface area contributed by atoms with Crippen LogP contribution in [0.5, 0.6) is 0 Å². The molecule has 0 N–H and O–H groups in total. The molecule has 0 aromatic heterocycles. The third-order valence-electron chi connectivity index (χ3n) is 15.6. The first-order valence-corrected chi connectivity index (χ1v) is 34.5. The fourth-order valence-electron chi connectivity index (χ4n) is 10.5. The number of allylic oxidation sites excluding steroid dienone is 6. The fraction of sp³-hybridized carbons (Fsp3) is 0.873. The molecule has 0 radical (unpaired) electrons. The van der Waals surface area contributed by atoms with E-state index in [2.05, 4.69) is 57.2 Å². The van der Waals surface area contributed by atoms with Crippen molar-refractivity contribution in [2.45, 2.75) is 386 Å². The fourth-order valence-corrected chi connectivity index (χ4v) is 10.5. The number of esters is 3. The zero-order valence-corrected chi connectivity index (χ0v) is 52.0. The maximum Gasteiger partial charge on any atom is 0.306 e. The van der Waals surface area contributed by atoms with E-state index in [0.29, 0.717) is 19.3 Å². The van der Waals surface area contributed by atoms with Crippen LogP contribution in [0.3, 0.4) is 0 Å². The number of hydrogen-bond acceptors (Lipinski definition) is 6. The quantitative estimate of drug-likeness (QED) is 0.0261. The molecule has 0 heterocycles. The molecule has 1 atom stereocenters. The number of unbranched alkanes of at least 4 members (excludes halogenated alkanes) is 47. The topological polar surface area (TPSA) is 78.9 Å². The van der Waals surface area contributed by atoms with E-state index in [4.69, 9.17) is 14.2 Å². The number of carbonyl (C=O) groups excluding carboxylic acids is 3. The Morgan fingerprint density at radius 2 is 0.468 bits per heavy atom. The summed E-state index contributed by atoms with van der Waals surface area (Å²) in [5.74, 6) is -0.855. The van der Waals surface area contributed by atoms with Gasteiger partial charge < -0.3 is 14.2 Å². The van der Waals surface area contributed by atoms with Crippen LogP contribution in [0, 0.1) is 0 Å². The molecule has 0 spiro atoms. The van der Waals surface area contributed by atoms with E-state index in [0.717, 1.165) is 70.6 Å². The minimum atomic E-state index is -0.767. The maximum absolute atomic E-state index is 12.9. The smallest absolute Gasteiger partial charge is 0.306 e. The molecule has 0 rings (SSSR count). The molecule has 0 aliphatic rings. The minimum Gasteiger partial charge on any atom is -0.462 e. The summed E-state index contributed by atoms with van der Waals surface area (Å²) in [7, 11) is 0. The van der Waals surface area contributed by atoms with Crippen LogP contribution >= 0.6 is 0 Å². The van der Waals surface area contributed by atoms with Crippen molar-refractivity contribution in [1.29, 1.82) is 0 Å². The minimum absolute atomic E-state index is 0.0684. The zero-order valence-electron chi connectivity index (χ0n) is 52.0. The van der Waals surface area contributed by atoms with E-state index in [9.17, 15) is 14.4 Å². The summed E-state index contributed by atoms with van der Waals surface area (Å²) >= 11 is 0. The molecule has 0 aromatic rings. The summed E-state index contributed by atoms with van der Waals surface area (Å²) < 4.78 is 16.9. The van der Waals surface area contributed by atoms with E-state index in [1.54, 1.807) is 0 Å². The largest absolute Gasteiger partial charge is 0.462 e. The van der Waals surface area contributed by atoms with E-state index >= 15 is 0 Å². The second-order valence-corrected chi connectivity index (χ2v) is 23.5. The van der Waals surface area contributed by atoms with Crippen molar-refractivity contribution < 1.29 is 28.6 Å². The van der Waals surface area contributed by atoms with Gasteiger partial charge in [-0.25, -0.2) is 0 Å². The van der Waals surface area contributed by atoms with Gasteiger partial charge in [0, 0.05) is 19.3 Å². The van der Waals surface area contributed by atoms with Gasteiger partial charge in [-0.05, 0) is 57.8 Å². The molecule has 0 aliphatic heterocycles. The molecule has 0 aromatic carbocycles. The summed E-state index contributed by atoms with van der Waals surface area (Å²) in [4.78, 5) is 38.1. The van der Waals surface area contributed by atoms with Crippen LogP contribution in [0.2, 0.25) is 0 Å². The van der Waals surface area contributed by atoms with E-state index < -0.39 is 6.10 Å². The molecule has 0 fully saturated rings. The number of hydrogen-bond donors (Lipinski definition) is 0. The second-order valence-electron chi connectivity index (χ2n) is 23.5. The van der Waals surface area contributed by atoms with Gasteiger partial charge in [0.25, 0.3) is 0 Å². The summed E-state index contributed by atoms with van der Waals surface area (Å²) in [6.07, 6.45) is 82.1. The van der Waals surface area contributed by atoms with Crippen LogP contribution in [0.15, 0.2) is 36.5 Å². The van der Waals surface area contributed by atoms with Crippen molar-refractivity contribution in [3.8, 4) is 0 Å². The average molecular weight is 1080 g/mol. The van der Waals surface area contributed by atoms with E-state index in [1.807, 2.05) is 0 Å². The first-order valence-electron chi connectivity index (χ1n) is 34.5. The Morgan fingerprint density at radius 3 is 0.727 bits per heavy atom. The highest BCUT2D eigenvalue weighted by atomic mass is 16.6. The van der Waals surface area contributed by atoms with Crippen LogP contribution in [-0.4, -0.2) is 37.2 Å². The Hall–Kier alpha value is -2.37. The average Bonchev–Trinajstić information content (AvgIpc) is 3.43. The summed E-state index contributed by atoms with van der Waals surface area (Å²) in [5, 5.41) is 0. The SMILES string of the molecule is CCCCCCC/C=C\C/C=C\C/C=C\CCCCCCCCCCCCCCC(=O)OCC(COC(=O)CCCCCCCC)OC(=O)CCCCCCCCCCCCCCCCCCCCCCCCCCCC. The van der Waals surface area contributed by atoms with E-state index in [-0.39, 0.29) is 31.1 Å². The third kappa shape index (κ3) is 64.3. The van der Waals surface area contributed by atoms with Gasteiger partial charge in [0.2, 0.25) is 0 Å². The molecule has 6 nitrogen and oxygen atoms in total. The summed E-state index contributed by atoms with van der Waals surface area (Å²) in [6, 6.07) is 0. The van der Waals surface area contributed by atoms with Crippen LogP contribution in [0.4, 0.5) is 0 Å². The highest BCUT2D eigenvalue weighted by molar-refractivity contribution is 5.71. The van der Waals surface area contributed by atoms with Crippen LogP contribution in [-0.2, 0) is 28.6 Å². The Morgan fingerprint density at radius 1 is 0.260 bits per heavy atom. The Kier molecular flexibility index (Phi) is 64.1. The number of ether oxygens (including phenoxy) is 3. The predicted octanol–water partition coefficient (Wildman–Crippen LogP) is 23.6. The lowest BCUT2D eigenvalue weighted by atomic mass is 10.0. The van der Waals surface area contributed by atoms with Gasteiger partial charge in [-0.2, -0.15) is 0 Å². The maximum atomic E-state index is 12.9. The molecule has 0 saturated carbocycles. The Labute approximate surface area is 480 Å². The second kappa shape index (κ2) is 66.1. The molecule has 1 unspecified atom stereocenters. The van der Waals surface area contributed by atoms with Crippen LogP contribution < -0.4 is 0 Å². The molecule has 0 aliphatic carbocycles.